The number of benzene rings is 1. The van der Waals surface area contributed by atoms with Crippen LogP contribution in [0.4, 0.5) is 0 Å². The summed E-state index contributed by atoms with van der Waals surface area (Å²) in [5, 5.41) is 0. The van der Waals surface area contributed by atoms with Crippen LogP contribution in [0.3, 0.4) is 0 Å². The molecular weight excluding hydrogens is 378 g/mol. The van der Waals surface area contributed by atoms with E-state index in [9.17, 15) is 4.79 Å². The third-order valence-electron chi connectivity index (χ3n) is 6.58. The van der Waals surface area contributed by atoms with Gasteiger partial charge in [0, 0.05) is 32.0 Å². The van der Waals surface area contributed by atoms with Gasteiger partial charge in [0.15, 0.2) is 11.5 Å². The van der Waals surface area contributed by atoms with Crippen LogP contribution in [0.2, 0.25) is 0 Å². The molecule has 0 saturated carbocycles. The van der Waals surface area contributed by atoms with Crippen LogP contribution in [0.25, 0.3) is 0 Å². The largest absolute Gasteiger partial charge is 0.454 e. The second-order valence-corrected chi connectivity index (χ2v) is 8.66. The zero-order valence-corrected chi connectivity index (χ0v) is 17.4. The number of fused-ring (bicyclic) bond motifs is 2. The summed E-state index contributed by atoms with van der Waals surface area (Å²) in [4.78, 5) is 21.6. The molecule has 0 spiro atoms. The van der Waals surface area contributed by atoms with Gasteiger partial charge in [0.05, 0.1) is 6.42 Å². The zero-order chi connectivity index (χ0) is 20.3. The molecular formula is C24H29N3O3. The van der Waals surface area contributed by atoms with E-state index >= 15 is 0 Å². The number of nitrogens with zero attached hydrogens (tertiary/aromatic N) is 3. The van der Waals surface area contributed by atoms with Gasteiger partial charge in [0.1, 0.15) is 0 Å². The number of ether oxygens (including phenoxy) is 2. The lowest BCUT2D eigenvalue weighted by atomic mass is 10.0. The van der Waals surface area contributed by atoms with E-state index in [1.807, 2.05) is 18.5 Å². The molecule has 0 bridgehead atoms. The molecule has 3 aliphatic rings. The maximum absolute atomic E-state index is 12.9. The van der Waals surface area contributed by atoms with Crippen molar-refractivity contribution >= 4 is 5.91 Å². The Balaban J connectivity index is 1.12. The van der Waals surface area contributed by atoms with Crippen molar-refractivity contribution in [3.05, 3.63) is 53.3 Å². The second-order valence-electron chi connectivity index (χ2n) is 8.66. The van der Waals surface area contributed by atoms with Crippen molar-refractivity contribution in [3.63, 3.8) is 0 Å². The number of pyridine rings is 1. The highest BCUT2D eigenvalue weighted by Gasteiger charge is 2.29. The summed E-state index contributed by atoms with van der Waals surface area (Å²) >= 11 is 0. The molecule has 1 aromatic carbocycles. The summed E-state index contributed by atoms with van der Waals surface area (Å²) < 4.78 is 11.0. The average molecular weight is 408 g/mol. The molecule has 5 rings (SSSR count). The molecule has 6 nitrogen and oxygen atoms in total. The SMILES string of the molecule is O=C1Cc2cc3c(cc2CCN1CC1CCN(CCCc2ccncc2)C1)OCO3. The van der Waals surface area contributed by atoms with E-state index in [1.54, 1.807) is 0 Å². The smallest absolute Gasteiger partial charge is 0.231 e. The quantitative estimate of drug-likeness (QED) is 0.737. The van der Waals surface area contributed by atoms with Crippen LogP contribution in [0, 0.1) is 5.92 Å². The van der Waals surface area contributed by atoms with E-state index in [-0.39, 0.29) is 12.7 Å². The number of carbonyl (C=O) groups excluding carboxylic acids is 1. The molecule has 1 atom stereocenters. The number of hydrogen-bond donors (Lipinski definition) is 0. The van der Waals surface area contributed by atoms with Crippen molar-refractivity contribution in [2.75, 3.05) is 39.5 Å². The Morgan fingerprint density at radius 2 is 1.87 bits per heavy atom. The average Bonchev–Trinajstić information content (AvgIpc) is 3.37. The van der Waals surface area contributed by atoms with Gasteiger partial charge in [0.2, 0.25) is 12.7 Å². The molecule has 1 amide bonds. The van der Waals surface area contributed by atoms with Gasteiger partial charge in [-0.15, -0.1) is 0 Å². The van der Waals surface area contributed by atoms with Crippen LogP contribution in [0.1, 0.15) is 29.5 Å². The van der Waals surface area contributed by atoms with Crippen LogP contribution in [-0.2, 0) is 24.1 Å². The Bertz CT molecular complexity index is 902. The summed E-state index contributed by atoms with van der Waals surface area (Å²) in [6.07, 6.45) is 8.54. The van der Waals surface area contributed by atoms with Gasteiger partial charge in [-0.25, -0.2) is 0 Å². The van der Waals surface area contributed by atoms with E-state index in [1.165, 1.54) is 24.0 Å². The van der Waals surface area contributed by atoms with Crippen LogP contribution in [0.5, 0.6) is 11.5 Å². The second kappa shape index (κ2) is 8.64. The van der Waals surface area contributed by atoms with Gasteiger partial charge in [-0.1, -0.05) is 0 Å². The molecule has 0 radical (unpaired) electrons. The summed E-state index contributed by atoms with van der Waals surface area (Å²) in [5.41, 5.74) is 3.67. The van der Waals surface area contributed by atoms with E-state index in [4.69, 9.17) is 9.47 Å². The monoisotopic (exact) mass is 407 g/mol. The number of amides is 1. The minimum absolute atomic E-state index is 0.240. The van der Waals surface area contributed by atoms with E-state index in [0.29, 0.717) is 12.3 Å². The highest BCUT2D eigenvalue weighted by atomic mass is 16.7. The molecule has 30 heavy (non-hydrogen) atoms. The summed E-state index contributed by atoms with van der Waals surface area (Å²) in [5.74, 6) is 2.40. The van der Waals surface area contributed by atoms with Gasteiger partial charge in [-0.05, 0) is 85.6 Å². The molecule has 3 aliphatic heterocycles. The zero-order valence-electron chi connectivity index (χ0n) is 17.4. The van der Waals surface area contributed by atoms with E-state index in [2.05, 4.69) is 33.0 Å². The summed E-state index contributed by atoms with van der Waals surface area (Å²) in [6.45, 7) is 5.32. The number of aromatic nitrogens is 1. The fourth-order valence-electron chi connectivity index (χ4n) is 4.90. The van der Waals surface area contributed by atoms with Crippen molar-refractivity contribution in [3.8, 4) is 11.5 Å². The maximum atomic E-state index is 12.9. The normalized spacial score (nSPS) is 21.0. The maximum Gasteiger partial charge on any atom is 0.231 e. The van der Waals surface area contributed by atoms with Crippen LogP contribution < -0.4 is 9.47 Å². The van der Waals surface area contributed by atoms with Crippen molar-refractivity contribution in [2.24, 2.45) is 5.92 Å². The first-order chi connectivity index (χ1) is 14.7. The van der Waals surface area contributed by atoms with Crippen molar-refractivity contribution < 1.29 is 14.3 Å². The standard InChI is InChI=1S/C24H29N3O3/c28-24-14-21-13-23-22(29-17-30-23)12-20(21)6-11-27(24)16-19-5-10-26(15-19)9-1-2-18-3-7-25-8-4-18/h3-4,7-8,12-13,19H,1-2,5-6,9-11,14-17H2. The Labute approximate surface area is 177 Å². The lowest BCUT2D eigenvalue weighted by molar-refractivity contribution is -0.130. The highest BCUT2D eigenvalue weighted by molar-refractivity contribution is 5.80. The molecule has 4 heterocycles. The minimum atomic E-state index is 0.240. The molecule has 1 unspecified atom stereocenters. The molecule has 1 saturated heterocycles. The third kappa shape index (κ3) is 4.29. The first-order valence-electron chi connectivity index (χ1n) is 11.0. The minimum Gasteiger partial charge on any atom is -0.454 e. The van der Waals surface area contributed by atoms with Crippen molar-refractivity contribution in [1.82, 2.24) is 14.8 Å². The first-order valence-corrected chi connectivity index (χ1v) is 11.0. The molecule has 1 fully saturated rings. The van der Waals surface area contributed by atoms with Crippen molar-refractivity contribution in [2.45, 2.75) is 32.1 Å². The Kier molecular flexibility index (Phi) is 5.58. The predicted octanol–water partition coefficient (Wildman–Crippen LogP) is 2.69. The molecule has 158 valence electrons. The third-order valence-corrected chi connectivity index (χ3v) is 6.58. The highest BCUT2D eigenvalue weighted by Crippen LogP contribution is 2.36. The van der Waals surface area contributed by atoms with E-state index in [0.717, 1.165) is 62.6 Å². The summed E-state index contributed by atoms with van der Waals surface area (Å²) in [7, 11) is 0. The lowest BCUT2D eigenvalue weighted by Crippen LogP contribution is -2.37. The topological polar surface area (TPSA) is 54.9 Å². The van der Waals surface area contributed by atoms with Gasteiger partial charge >= 0.3 is 0 Å². The number of hydrogen-bond acceptors (Lipinski definition) is 5. The number of likely N-dealkylation sites (tertiary alicyclic amines) is 1. The fourth-order valence-corrected chi connectivity index (χ4v) is 4.90. The fraction of sp³-hybridized carbons (Fsp3) is 0.500. The molecule has 6 heteroatoms. The predicted molar refractivity (Wildman–Crippen MR) is 114 cm³/mol. The lowest BCUT2D eigenvalue weighted by Gasteiger charge is -2.24. The number of carbonyl (C=O) groups is 1. The Morgan fingerprint density at radius 3 is 2.70 bits per heavy atom. The number of aryl methyl sites for hydroxylation is 1. The Morgan fingerprint density at radius 1 is 1.07 bits per heavy atom. The molecule has 0 aliphatic carbocycles. The van der Waals surface area contributed by atoms with Gasteiger partial charge in [0.25, 0.3) is 0 Å². The molecule has 2 aromatic rings. The first kappa shape index (κ1) is 19.4. The number of rotatable bonds is 6. The van der Waals surface area contributed by atoms with E-state index < -0.39 is 0 Å². The van der Waals surface area contributed by atoms with Crippen LogP contribution in [-0.4, -0.2) is 60.2 Å². The van der Waals surface area contributed by atoms with Crippen LogP contribution in [0.15, 0.2) is 36.7 Å². The van der Waals surface area contributed by atoms with Gasteiger partial charge in [-0.2, -0.15) is 0 Å². The summed E-state index contributed by atoms with van der Waals surface area (Å²) in [6, 6.07) is 8.26. The van der Waals surface area contributed by atoms with Crippen molar-refractivity contribution in [1.29, 1.82) is 0 Å². The molecule has 1 aromatic heterocycles. The molecule has 0 N–H and O–H groups in total. The van der Waals surface area contributed by atoms with Crippen LogP contribution >= 0.6 is 0 Å². The Hall–Kier alpha value is -2.60. The van der Waals surface area contributed by atoms with Gasteiger partial charge in [-0.3, -0.25) is 9.78 Å². The van der Waals surface area contributed by atoms with Gasteiger partial charge < -0.3 is 19.3 Å².